The summed E-state index contributed by atoms with van der Waals surface area (Å²) in [6.07, 6.45) is 3.60. The third kappa shape index (κ3) is 1.97. The second kappa shape index (κ2) is 4.34. The Morgan fingerprint density at radius 3 is 2.33 bits per heavy atom. The Morgan fingerprint density at radius 1 is 0.905 bits per heavy atom. The van der Waals surface area contributed by atoms with Gasteiger partial charge in [0.15, 0.2) is 0 Å². The number of para-hydroxylation sites is 1. The average Bonchev–Trinajstić information content (AvgIpc) is 2.95. The van der Waals surface area contributed by atoms with Crippen LogP contribution < -0.4 is 4.90 Å². The van der Waals surface area contributed by atoms with Crippen molar-refractivity contribution in [2.45, 2.75) is 25.6 Å². The zero-order valence-electron chi connectivity index (χ0n) is 12.9. The maximum absolute atomic E-state index is 2.59. The number of fused-ring (bicyclic) bond motifs is 5. The van der Waals surface area contributed by atoms with Crippen LogP contribution in [0.5, 0.6) is 0 Å². The standard InChI is InChI=1S/C19H21NSi/c1-21(2,3)13-20-17-11-7-6-10-16(17)19-15-9-5-4-8-14(15)12-18(19)20/h4-12,19H,13H2,1-3H3. The SMILES string of the molecule is C[Si](C)(C)CN1C2=Cc3ccccc3C2c2ccccc21. The molecule has 2 aromatic rings. The number of hydrogen-bond donors (Lipinski definition) is 0. The Hall–Kier alpha value is -1.80. The third-order valence-corrected chi connectivity index (χ3v) is 5.65. The molecule has 0 bridgehead atoms. The van der Waals surface area contributed by atoms with Gasteiger partial charge in [-0.2, -0.15) is 0 Å². The molecule has 0 amide bonds. The molecule has 0 saturated carbocycles. The molecule has 1 unspecified atom stereocenters. The van der Waals surface area contributed by atoms with Crippen LogP contribution in [0.2, 0.25) is 19.6 Å². The lowest BCUT2D eigenvalue weighted by atomic mass is 9.93. The molecule has 106 valence electrons. The number of rotatable bonds is 2. The van der Waals surface area contributed by atoms with E-state index in [4.69, 9.17) is 0 Å². The molecule has 1 atom stereocenters. The first kappa shape index (κ1) is 12.9. The summed E-state index contributed by atoms with van der Waals surface area (Å²) in [6.45, 7) is 7.35. The molecule has 1 nitrogen and oxygen atoms in total. The van der Waals surface area contributed by atoms with E-state index in [1.165, 1.54) is 34.2 Å². The van der Waals surface area contributed by atoms with Gasteiger partial charge < -0.3 is 4.90 Å². The Labute approximate surface area is 127 Å². The number of allylic oxidation sites excluding steroid dienone is 1. The van der Waals surface area contributed by atoms with E-state index in [1.807, 2.05) is 0 Å². The molecule has 2 aliphatic rings. The van der Waals surface area contributed by atoms with E-state index in [2.05, 4.69) is 79.1 Å². The van der Waals surface area contributed by atoms with Gasteiger partial charge in [0.2, 0.25) is 0 Å². The molecule has 2 heteroatoms. The fourth-order valence-corrected chi connectivity index (χ4v) is 4.94. The van der Waals surface area contributed by atoms with Crippen LogP contribution in [0.25, 0.3) is 6.08 Å². The maximum Gasteiger partial charge on any atom is 0.0671 e. The van der Waals surface area contributed by atoms with Crippen molar-refractivity contribution >= 4 is 19.8 Å². The van der Waals surface area contributed by atoms with Crippen LogP contribution >= 0.6 is 0 Å². The molecule has 1 aliphatic heterocycles. The molecule has 0 spiro atoms. The summed E-state index contributed by atoms with van der Waals surface area (Å²) in [6, 6.07) is 17.8. The minimum Gasteiger partial charge on any atom is -0.347 e. The number of hydrogen-bond acceptors (Lipinski definition) is 1. The molecule has 0 aromatic heterocycles. The van der Waals surface area contributed by atoms with Crippen LogP contribution in [0.15, 0.2) is 54.2 Å². The third-order valence-electron chi connectivity index (χ3n) is 4.39. The minimum absolute atomic E-state index is 0.453. The number of nitrogens with zero attached hydrogens (tertiary/aromatic N) is 1. The molecule has 1 heterocycles. The van der Waals surface area contributed by atoms with Crippen LogP contribution in [0.1, 0.15) is 22.6 Å². The van der Waals surface area contributed by atoms with Gasteiger partial charge in [-0.05, 0) is 28.8 Å². The predicted molar refractivity (Wildman–Crippen MR) is 93.4 cm³/mol. The number of benzene rings is 2. The first-order valence-electron chi connectivity index (χ1n) is 7.72. The highest BCUT2D eigenvalue weighted by molar-refractivity contribution is 6.76. The topological polar surface area (TPSA) is 3.24 Å². The molecule has 0 radical (unpaired) electrons. The lowest BCUT2D eigenvalue weighted by Gasteiger charge is -2.28. The summed E-state index contributed by atoms with van der Waals surface area (Å²) in [5.74, 6) is 0.453. The van der Waals surface area contributed by atoms with E-state index in [9.17, 15) is 0 Å². The maximum atomic E-state index is 2.59. The summed E-state index contributed by atoms with van der Waals surface area (Å²) in [5.41, 5.74) is 7.25. The quantitative estimate of drug-likeness (QED) is 0.713. The van der Waals surface area contributed by atoms with Crippen LogP contribution in [-0.2, 0) is 0 Å². The number of anilines is 1. The van der Waals surface area contributed by atoms with Crippen molar-refractivity contribution in [2.24, 2.45) is 0 Å². The Kier molecular flexibility index (Phi) is 2.67. The lowest BCUT2D eigenvalue weighted by molar-refractivity contribution is 0.969. The molecule has 0 saturated heterocycles. The van der Waals surface area contributed by atoms with Crippen molar-refractivity contribution in [2.75, 3.05) is 11.1 Å². The van der Waals surface area contributed by atoms with E-state index < -0.39 is 8.07 Å². The van der Waals surface area contributed by atoms with E-state index in [0.717, 1.165) is 0 Å². The molecule has 21 heavy (non-hydrogen) atoms. The van der Waals surface area contributed by atoms with Crippen molar-refractivity contribution in [3.05, 3.63) is 70.9 Å². The van der Waals surface area contributed by atoms with Gasteiger partial charge in [0.1, 0.15) is 0 Å². The zero-order chi connectivity index (χ0) is 14.6. The molecule has 1 aliphatic carbocycles. The van der Waals surface area contributed by atoms with Gasteiger partial charge in [0.25, 0.3) is 0 Å². The van der Waals surface area contributed by atoms with Gasteiger partial charge in [0.05, 0.1) is 14.0 Å². The van der Waals surface area contributed by atoms with Crippen LogP contribution in [0.4, 0.5) is 5.69 Å². The first-order chi connectivity index (χ1) is 10.0. The Morgan fingerprint density at radius 2 is 1.57 bits per heavy atom. The molecule has 0 N–H and O–H groups in total. The summed E-state index contributed by atoms with van der Waals surface area (Å²) in [4.78, 5) is 2.59. The van der Waals surface area contributed by atoms with Crippen molar-refractivity contribution in [3.63, 3.8) is 0 Å². The summed E-state index contributed by atoms with van der Waals surface area (Å²) < 4.78 is 0. The van der Waals surface area contributed by atoms with Gasteiger partial charge in [-0.25, -0.2) is 0 Å². The van der Waals surface area contributed by atoms with Gasteiger partial charge in [-0.3, -0.25) is 0 Å². The summed E-state index contributed by atoms with van der Waals surface area (Å²) in [7, 11) is -1.17. The van der Waals surface area contributed by atoms with Crippen molar-refractivity contribution < 1.29 is 0 Å². The van der Waals surface area contributed by atoms with Crippen LogP contribution in [0.3, 0.4) is 0 Å². The highest BCUT2D eigenvalue weighted by Crippen LogP contribution is 2.52. The normalized spacial score (nSPS) is 19.1. The molecule has 4 rings (SSSR count). The predicted octanol–water partition coefficient (Wildman–Crippen LogP) is 4.87. The van der Waals surface area contributed by atoms with E-state index in [1.54, 1.807) is 0 Å². The summed E-state index contributed by atoms with van der Waals surface area (Å²) >= 11 is 0. The van der Waals surface area contributed by atoms with Crippen molar-refractivity contribution in [1.29, 1.82) is 0 Å². The van der Waals surface area contributed by atoms with Gasteiger partial charge in [-0.1, -0.05) is 62.1 Å². The van der Waals surface area contributed by atoms with Crippen molar-refractivity contribution in [3.8, 4) is 0 Å². The van der Waals surface area contributed by atoms with Crippen LogP contribution in [-0.4, -0.2) is 14.2 Å². The lowest BCUT2D eigenvalue weighted by Crippen LogP contribution is -2.38. The molecular weight excluding hydrogens is 270 g/mol. The molecule has 2 aromatic carbocycles. The minimum atomic E-state index is -1.17. The zero-order valence-corrected chi connectivity index (χ0v) is 13.9. The second-order valence-corrected chi connectivity index (χ2v) is 12.8. The highest BCUT2D eigenvalue weighted by atomic mass is 28.3. The Bertz CT molecular complexity index is 739. The van der Waals surface area contributed by atoms with E-state index >= 15 is 0 Å². The van der Waals surface area contributed by atoms with Crippen molar-refractivity contribution in [1.82, 2.24) is 0 Å². The highest BCUT2D eigenvalue weighted by Gasteiger charge is 2.39. The first-order valence-corrected chi connectivity index (χ1v) is 11.4. The Balaban J connectivity index is 1.88. The second-order valence-electron chi connectivity index (χ2n) is 7.34. The molecule has 0 fully saturated rings. The van der Waals surface area contributed by atoms with Gasteiger partial charge in [-0.15, -0.1) is 0 Å². The van der Waals surface area contributed by atoms with E-state index in [-0.39, 0.29) is 0 Å². The monoisotopic (exact) mass is 291 g/mol. The molecular formula is C19H21NSi. The largest absolute Gasteiger partial charge is 0.347 e. The fraction of sp³-hybridized carbons (Fsp3) is 0.263. The van der Waals surface area contributed by atoms with Gasteiger partial charge >= 0.3 is 0 Å². The fourth-order valence-electron chi connectivity index (χ4n) is 3.64. The van der Waals surface area contributed by atoms with Gasteiger partial charge in [0, 0.05) is 17.6 Å². The smallest absolute Gasteiger partial charge is 0.0671 e. The average molecular weight is 291 g/mol. The summed E-state index contributed by atoms with van der Waals surface area (Å²) in [5, 5.41) is 0. The van der Waals surface area contributed by atoms with Crippen LogP contribution in [0, 0.1) is 0 Å². The van der Waals surface area contributed by atoms with E-state index in [0.29, 0.717) is 5.92 Å².